The van der Waals surface area contributed by atoms with Gasteiger partial charge in [0.25, 0.3) is 0 Å². The van der Waals surface area contributed by atoms with Crippen molar-refractivity contribution in [3.63, 3.8) is 0 Å². The number of ketones is 1. The molecule has 0 unspecified atom stereocenters. The zero-order chi connectivity index (χ0) is 23.8. The number of aromatic nitrogens is 1. The van der Waals surface area contributed by atoms with Crippen LogP contribution >= 0.6 is 11.3 Å². The molecule has 5 rings (SSSR count). The second kappa shape index (κ2) is 8.72. The van der Waals surface area contributed by atoms with Crippen molar-refractivity contribution in [2.75, 3.05) is 12.8 Å². The van der Waals surface area contributed by atoms with E-state index in [1.165, 1.54) is 35.6 Å². The van der Waals surface area contributed by atoms with Crippen LogP contribution in [-0.2, 0) is 0 Å². The number of nitrogen functional groups attached to an aromatic ring is 1. The van der Waals surface area contributed by atoms with Crippen LogP contribution in [-0.4, -0.2) is 17.9 Å². The van der Waals surface area contributed by atoms with E-state index in [2.05, 4.69) is 0 Å². The highest BCUT2D eigenvalue weighted by atomic mass is 32.1. The maximum Gasteiger partial charge on any atom is 0.205 e. The molecule has 0 bridgehead atoms. The van der Waals surface area contributed by atoms with Crippen LogP contribution in [0.2, 0.25) is 0 Å². The minimum absolute atomic E-state index is 0.249. The van der Waals surface area contributed by atoms with E-state index in [1.807, 2.05) is 61.5 Å². The van der Waals surface area contributed by atoms with Crippen molar-refractivity contribution < 1.29 is 13.9 Å². The Morgan fingerprint density at radius 3 is 2.24 bits per heavy atom. The molecule has 0 aliphatic rings. The van der Waals surface area contributed by atoms with E-state index in [1.54, 1.807) is 7.11 Å². The topological polar surface area (TPSA) is 65.2 Å². The number of hydrogen-bond donors (Lipinski definition) is 1. The van der Waals surface area contributed by atoms with Crippen LogP contribution < -0.4 is 10.5 Å². The smallest absolute Gasteiger partial charge is 0.205 e. The number of benzene rings is 3. The Kier molecular flexibility index (Phi) is 5.59. The third kappa shape index (κ3) is 3.93. The molecule has 2 aromatic heterocycles. The van der Waals surface area contributed by atoms with Gasteiger partial charge in [-0.1, -0.05) is 29.8 Å². The van der Waals surface area contributed by atoms with E-state index in [0.717, 1.165) is 39.1 Å². The Hall–Kier alpha value is -4.03. The van der Waals surface area contributed by atoms with Crippen molar-refractivity contribution in [2.24, 2.45) is 0 Å². The number of nitrogens with zero attached hydrogens (tertiary/aromatic N) is 1. The first kappa shape index (κ1) is 21.8. The second-order valence-corrected chi connectivity index (χ2v) is 9.01. The molecule has 0 saturated carbocycles. The normalized spacial score (nSPS) is 11.0. The van der Waals surface area contributed by atoms with Crippen molar-refractivity contribution in [1.82, 2.24) is 4.98 Å². The van der Waals surface area contributed by atoms with E-state index in [9.17, 15) is 9.18 Å². The number of hydrogen-bond acceptors (Lipinski definition) is 5. The molecule has 5 aromatic rings. The second-order valence-electron chi connectivity index (χ2n) is 8.01. The molecular formula is C28H21FN2O2S. The molecule has 0 fully saturated rings. The highest BCUT2D eigenvalue weighted by Gasteiger charge is 2.22. The number of ether oxygens (including phenoxy) is 1. The Morgan fingerprint density at radius 1 is 0.941 bits per heavy atom. The summed E-state index contributed by atoms with van der Waals surface area (Å²) < 4.78 is 18.6. The summed E-state index contributed by atoms with van der Waals surface area (Å²) in [5.74, 6) is 0.116. The van der Waals surface area contributed by atoms with Gasteiger partial charge in [0.1, 0.15) is 21.3 Å². The zero-order valence-corrected chi connectivity index (χ0v) is 19.4. The molecule has 0 aliphatic carbocycles. The summed E-state index contributed by atoms with van der Waals surface area (Å²) >= 11 is 1.26. The first-order chi connectivity index (χ1) is 16.4. The molecule has 0 radical (unpaired) electrons. The molecule has 34 heavy (non-hydrogen) atoms. The van der Waals surface area contributed by atoms with Gasteiger partial charge in [-0.15, -0.1) is 11.3 Å². The van der Waals surface area contributed by atoms with E-state index < -0.39 is 5.82 Å². The number of halogens is 1. The minimum atomic E-state index is -0.395. The number of fused-ring (bicyclic) bond motifs is 1. The molecule has 0 spiro atoms. The van der Waals surface area contributed by atoms with Crippen molar-refractivity contribution in [1.29, 1.82) is 0 Å². The number of carbonyl (C=O) groups is 1. The number of thiophene rings is 1. The van der Waals surface area contributed by atoms with Crippen LogP contribution in [0.25, 0.3) is 32.6 Å². The lowest BCUT2D eigenvalue weighted by molar-refractivity contribution is 0.104. The van der Waals surface area contributed by atoms with Crippen LogP contribution in [0, 0.1) is 12.7 Å². The third-order valence-electron chi connectivity index (χ3n) is 5.76. The third-order valence-corrected chi connectivity index (χ3v) is 6.86. The molecule has 168 valence electrons. The van der Waals surface area contributed by atoms with E-state index >= 15 is 0 Å². The number of methoxy groups -OCH3 is 1. The molecule has 4 nitrogen and oxygen atoms in total. The maximum atomic E-state index is 13.4. The average Bonchev–Trinajstić information content (AvgIpc) is 3.20. The number of nitrogens with two attached hydrogens (primary N) is 1. The molecule has 0 aliphatic heterocycles. The first-order valence-corrected chi connectivity index (χ1v) is 11.5. The van der Waals surface area contributed by atoms with Crippen LogP contribution in [0.15, 0.2) is 78.9 Å². The summed E-state index contributed by atoms with van der Waals surface area (Å²) in [7, 11) is 1.63. The average molecular weight is 469 g/mol. The van der Waals surface area contributed by atoms with E-state index in [4.69, 9.17) is 15.5 Å². The van der Waals surface area contributed by atoms with E-state index in [0.29, 0.717) is 21.0 Å². The van der Waals surface area contributed by atoms with Crippen LogP contribution in [0.4, 0.5) is 10.1 Å². The van der Waals surface area contributed by atoms with Crippen molar-refractivity contribution in [3.05, 3.63) is 101 Å². The zero-order valence-electron chi connectivity index (χ0n) is 18.6. The quantitative estimate of drug-likeness (QED) is 0.285. The van der Waals surface area contributed by atoms with Gasteiger partial charge in [0.2, 0.25) is 5.78 Å². The summed E-state index contributed by atoms with van der Waals surface area (Å²) in [6.45, 7) is 2.03. The molecule has 2 N–H and O–H groups in total. The van der Waals surface area contributed by atoms with Gasteiger partial charge in [-0.3, -0.25) is 4.79 Å². The van der Waals surface area contributed by atoms with Crippen LogP contribution in [0.1, 0.15) is 20.8 Å². The Morgan fingerprint density at radius 2 is 1.59 bits per heavy atom. The largest absolute Gasteiger partial charge is 0.497 e. The minimum Gasteiger partial charge on any atom is -0.497 e. The molecule has 6 heteroatoms. The Balaban J connectivity index is 1.72. The molecular weight excluding hydrogens is 447 g/mol. The molecule has 2 heterocycles. The summed E-state index contributed by atoms with van der Waals surface area (Å²) in [6.07, 6.45) is 0. The lowest BCUT2D eigenvalue weighted by Gasteiger charge is -2.10. The molecule has 0 atom stereocenters. The van der Waals surface area contributed by atoms with Gasteiger partial charge in [0.15, 0.2) is 0 Å². The standard InChI is InChI=1S/C28H21FN2O2S/c1-16-3-5-17(6-4-16)22-15-23(18-9-13-21(33-2)14-10-18)31-28-24(22)25(30)27(34-28)26(32)19-7-11-20(29)12-8-19/h3-15H,30H2,1-2H3. The van der Waals surface area contributed by atoms with Gasteiger partial charge in [0.05, 0.1) is 18.5 Å². The highest BCUT2D eigenvalue weighted by molar-refractivity contribution is 7.21. The van der Waals surface area contributed by atoms with Gasteiger partial charge >= 0.3 is 0 Å². The van der Waals surface area contributed by atoms with Crippen molar-refractivity contribution in [2.45, 2.75) is 6.92 Å². The summed E-state index contributed by atoms with van der Waals surface area (Å²) in [6, 6.07) is 23.3. The number of aryl methyl sites for hydroxylation is 1. The fourth-order valence-electron chi connectivity index (χ4n) is 3.89. The lowest BCUT2D eigenvalue weighted by atomic mass is 9.98. The van der Waals surface area contributed by atoms with Crippen LogP contribution in [0.5, 0.6) is 5.75 Å². The number of carbonyl (C=O) groups excluding carboxylic acids is 1. The lowest BCUT2D eigenvalue weighted by Crippen LogP contribution is -2.02. The maximum absolute atomic E-state index is 13.4. The predicted molar refractivity (Wildman–Crippen MR) is 136 cm³/mol. The van der Waals surface area contributed by atoms with Gasteiger partial charge in [0, 0.05) is 16.5 Å². The van der Waals surface area contributed by atoms with Gasteiger partial charge in [-0.2, -0.15) is 0 Å². The number of anilines is 1. The van der Waals surface area contributed by atoms with Crippen LogP contribution in [0.3, 0.4) is 0 Å². The summed E-state index contributed by atoms with van der Waals surface area (Å²) in [4.78, 5) is 19.2. The summed E-state index contributed by atoms with van der Waals surface area (Å²) in [5.41, 5.74) is 12.1. The highest BCUT2D eigenvalue weighted by Crippen LogP contribution is 2.42. The monoisotopic (exact) mass is 468 g/mol. The first-order valence-electron chi connectivity index (χ1n) is 10.7. The fraction of sp³-hybridized carbons (Fsp3) is 0.0714. The predicted octanol–water partition coefficient (Wildman–Crippen LogP) is 6.90. The number of pyridine rings is 1. The van der Waals surface area contributed by atoms with Crippen molar-refractivity contribution >= 4 is 33.0 Å². The van der Waals surface area contributed by atoms with Gasteiger partial charge in [-0.05, 0) is 72.6 Å². The SMILES string of the molecule is COc1ccc(-c2cc(-c3ccc(C)cc3)c3c(N)c(C(=O)c4ccc(F)cc4)sc3n2)cc1. The van der Waals surface area contributed by atoms with Gasteiger partial charge in [-0.25, -0.2) is 9.37 Å². The Bertz CT molecular complexity index is 1510. The molecule has 0 saturated heterocycles. The van der Waals surface area contributed by atoms with Crippen molar-refractivity contribution in [3.8, 4) is 28.1 Å². The number of rotatable bonds is 5. The van der Waals surface area contributed by atoms with E-state index in [-0.39, 0.29) is 5.78 Å². The van der Waals surface area contributed by atoms with Gasteiger partial charge < -0.3 is 10.5 Å². The fourth-order valence-corrected chi connectivity index (χ4v) is 4.97. The molecule has 0 amide bonds. The molecule has 3 aromatic carbocycles. The Labute approximate surface area is 200 Å². The summed E-state index contributed by atoms with van der Waals surface area (Å²) in [5, 5.41) is 0.747.